The number of aromatic nitrogens is 2. The summed E-state index contributed by atoms with van der Waals surface area (Å²) >= 11 is 7.98. The van der Waals surface area contributed by atoms with E-state index < -0.39 is 0 Å². The van der Waals surface area contributed by atoms with Gasteiger partial charge in [0.1, 0.15) is 5.75 Å². The van der Waals surface area contributed by atoms with Gasteiger partial charge in [-0.05, 0) is 53.8 Å². The van der Waals surface area contributed by atoms with Crippen LogP contribution in [0.2, 0.25) is 0 Å². The summed E-state index contributed by atoms with van der Waals surface area (Å²) in [5.74, 6) is 1.14. The third kappa shape index (κ3) is 3.29. The fraction of sp³-hybridized carbons (Fsp3) is 0.167. The average Bonchev–Trinajstić information content (AvgIpc) is 2.32. The van der Waals surface area contributed by atoms with Crippen LogP contribution in [0.25, 0.3) is 0 Å². The molecule has 1 aromatic heterocycles. The molecule has 0 radical (unpaired) electrons. The largest absolute Gasteiger partial charge is 0.424 e. The minimum Gasteiger partial charge on any atom is -0.424 e. The molecule has 2 rings (SSSR count). The van der Waals surface area contributed by atoms with Crippen molar-refractivity contribution in [3.05, 3.63) is 45.3 Å². The van der Waals surface area contributed by atoms with Gasteiger partial charge in [0, 0.05) is 21.0 Å². The lowest BCUT2D eigenvalue weighted by Crippen LogP contribution is -1.97. The van der Waals surface area contributed by atoms with E-state index >= 15 is 0 Å². The van der Waals surface area contributed by atoms with Gasteiger partial charge in [0.15, 0.2) is 0 Å². The van der Waals surface area contributed by atoms with Crippen LogP contribution in [0.1, 0.15) is 11.3 Å². The molecule has 0 bridgehead atoms. The van der Waals surface area contributed by atoms with E-state index in [9.17, 15) is 0 Å². The molecular weight excluding hydrogens is 351 g/mol. The highest BCUT2D eigenvalue weighted by atomic mass is 127. The van der Waals surface area contributed by atoms with Crippen LogP contribution in [-0.4, -0.2) is 9.97 Å². The predicted molar refractivity (Wildman–Crippen MR) is 75.6 cm³/mol. The minimum absolute atomic E-state index is 0.345. The van der Waals surface area contributed by atoms with Crippen molar-refractivity contribution >= 4 is 34.2 Å². The van der Waals surface area contributed by atoms with Crippen molar-refractivity contribution in [1.29, 1.82) is 0 Å². The van der Waals surface area contributed by atoms with Crippen molar-refractivity contribution in [2.24, 2.45) is 0 Å². The lowest BCUT2D eigenvalue weighted by molar-refractivity contribution is 0.439. The van der Waals surface area contributed by atoms with Gasteiger partial charge in [0.2, 0.25) is 0 Å². The van der Waals surface area contributed by atoms with E-state index in [0.29, 0.717) is 11.9 Å². The average molecular weight is 361 g/mol. The Bertz CT molecular complexity index is 516. The SMILES string of the molecule is Cc1nc(Oc2ccc(I)cc2)ncc1CCl. The summed E-state index contributed by atoms with van der Waals surface area (Å²) in [5.41, 5.74) is 1.76. The van der Waals surface area contributed by atoms with Crippen molar-refractivity contribution < 1.29 is 4.74 Å². The number of ether oxygens (including phenoxy) is 1. The lowest BCUT2D eigenvalue weighted by Gasteiger charge is -2.06. The van der Waals surface area contributed by atoms with Crippen LogP contribution >= 0.6 is 34.2 Å². The van der Waals surface area contributed by atoms with Gasteiger partial charge in [-0.15, -0.1) is 11.6 Å². The highest BCUT2D eigenvalue weighted by Gasteiger charge is 2.04. The Hall–Kier alpha value is -0.880. The zero-order chi connectivity index (χ0) is 12.3. The van der Waals surface area contributed by atoms with Crippen LogP contribution in [0.15, 0.2) is 30.5 Å². The van der Waals surface area contributed by atoms with Crippen molar-refractivity contribution in [3.8, 4) is 11.8 Å². The van der Waals surface area contributed by atoms with Gasteiger partial charge in [-0.1, -0.05) is 0 Å². The third-order valence-electron chi connectivity index (χ3n) is 2.23. The molecule has 3 nitrogen and oxygen atoms in total. The second-order valence-corrected chi connectivity index (χ2v) is 4.97. The van der Waals surface area contributed by atoms with Gasteiger partial charge in [-0.25, -0.2) is 4.98 Å². The normalized spacial score (nSPS) is 10.3. The van der Waals surface area contributed by atoms with Gasteiger partial charge >= 0.3 is 6.01 Å². The van der Waals surface area contributed by atoms with Crippen LogP contribution in [0, 0.1) is 10.5 Å². The smallest absolute Gasteiger partial charge is 0.322 e. The maximum Gasteiger partial charge on any atom is 0.322 e. The van der Waals surface area contributed by atoms with Crippen LogP contribution in [0.3, 0.4) is 0 Å². The Labute approximate surface area is 118 Å². The molecule has 0 fully saturated rings. The summed E-state index contributed by atoms with van der Waals surface area (Å²) < 4.78 is 6.70. The van der Waals surface area contributed by atoms with Crippen LogP contribution in [-0.2, 0) is 5.88 Å². The first kappa shape index (κ1) is 12.6. The molecular formula is C12H10ClIN2O. The third-order valence-corrected chi connectivity index (χ3v) is 3.23. The molecule has 0 aliphatic rings. The molecule has 0 saturated heterocycles. The van der Waals surface area contributed by atoms with Crippen LogP contribution < -0.4 is 4.74 Å². The zero-order valence-corrected chi connectivity index (χ0v) is 12.1. The Morgan fingerprint density at radius 3 is 2.59 bits per heavy atom. The van der Waals surface area contributed by atoms with Gasteiger partial charge in [-0.3, -0.25) is 0 Å². The van der Waals surface area contributed by atoms with Gasteiger partial charge in [0.05, 0.1) is 5.88 Å². The number of aryl methyl sites for hydroxylation is 1. The molecule has 0 spiro atoms. The molecule has 0 unspecified atom stereocenters. The first-order valence-corrected chi connectivity index (χ1v) is 6.62. The highest BCUT2D eigenvalue weighted by Crippen LogP contribution is 2.20. The quantitative estimate of drug-likeness (QED) is 0.615. The predicted octanol–water partition coefficient (Wildman–Crippen LogP) is 3.92. The molecule has 0 aliphatic carbocycles. The molecule has 88 valence electrons. The van der Waals surface area contributed by atoms with E-state index in [1.807, 2.05) is 31.2 Å². The summed E-state index contributed by atoms with van der Waals surface area (Å²) in [5, 5.41) is 0. The first-order chi connectivity index (χ1) is 8.19. The summed E-state index contributed by atoms with van der Waals surface area (Å²) in [4.78, 5) is 8.35. The van der Waals surface area contributed by atoms with Crippen molar-refractivity contribution in [1.82, 2.24) is 9.97 Å². The standard InChI is InChI=1S/C12H10ClIN2O/c1-8-9(6-13)7-15-12(16-8)17-11-4-2-10(14)3-5-11/h2-5,7H,6H2,1H3. The number of nitrogens with zero attached hydrogens (tertiary/aromatic N) is 2. The number of rotatable bonds is 3. The molecule has 0 N–H and O–H groups in total. The van der Waals surface area contributed by atoms with Gasteiger partial charge in [0.25, 0.3) is 0 Å². The van der Waals surface area contributed by atoms with Crippen LogP contribution in [0.4, 0.5) is 0 Å². The molecule has 0 saturated carbocycles. The van der Waals surface area contributed by atoms with E-state index in [4.69, 9.17) is 16.3 Å². The Balaban J connectivity index is 2.19. The van der Waals surface area contributed by atoms with E-state index in [1.54, 1.807) is 6.20 Å². The van der Waals surface area contributed by atoms with Gasteiger partial charge in [-0.2, -0.15) is 4.98 Å². The molecule has 2 aromatic rings. The number of hydrogen-bond donors (Lipinski definition) is 0. The van der Waals surface area contributed by atoms with E-state index in [0.717, 1.165) is 20.6 Å². The molecule has 0 atom stereocenters. The zero-order valence-electron chi connectivity index (χ0n) is 9.15. The highest BCUT2D eigenvalue weighted by molar-refractivity contribution is 14.1. The van der Waals surface area contributed by atoms with E-state index in [1.165, 1.54) is 0 Å². The fourth-order valence-electron chi connectivity index (χ4n) is 1.26. The number of hydrogen-bond acceptors (Lipinski definition) is 3. The fourth-order valence-corrected chi connectivity index (χ4v) is 1.88. The van der Waals surface area contributed by atoms with Crippen molar-refractivity contribution in [2.75, 3.05) is 0 Å². The first-order valence-electron chi connectivity index (χ1n) is 5.01. The minimum atomic E-state index is 0.345. The van der Waals surface area contributed by atoms with Crippen LogP contribution in [0.5, 0.6) is 11.8 Å². The molecule has 0 amide bonds. The Kier molecular flexibility index (Phi) is 4.17. The summed E-state index contributed by atoms with van der Waals surface area (Å²) in [6, 6.07) is 8.05. The monoisotopic (exact) mass is 360 g/mol. The molecule has 1 aromatic carbocycles. The summed E-state index contributed by atoms with van der Waals surface area (Å²) in [7, 11) is 0. The number of alkyl halides is 1. The molecule has 1 heterocycles. The Morgan fingerprint density at radius 2 is 2.00 bits per heavy atom. The van der Waals surface area contributed by atoms with E-state index in [-0.39, 0.29) is 0 Å². The van der Waals surface area contributed by atoms with Gasteiger partial charge < -0.3 is 4.74 Å². The molecule has 0 aliphatic heterocycles. The van der Waals surface area contributed by atoms with Crippen molar-refractivity contribution in [2.45, 2.75) is 12.8 Å². The molecule has 5 heteroatoms. The summed E-state index contributed by atoms with van der Waals surface area (Å²) in [6.45, 7) is 1.89. The maximum absolute atomic E-state index is 5.74. The lowest BCUT2D eigenvalue weighted by atomic mass is 10.3. The topological polar surface area (TPSA) is 35.0 Å². The second-order valence-electron chi connectivity index (χ2n) is 3.45. The maximum atomic E-state index is 5.74. The molecule has 17 heavy (non-hydrogen) atoms. The summed E-state index contributed by atoms with van der Waals surface area (Å²) in [6.07, 6.45) is 1.69. The van der Waals surface area contributed by atoms with Crippen molar-refractivity contribution in [3.63, 3.8) is 0 Å². The Morgan fingerprint density at radius 1 is 1.29 bits per heavy atom. The number of benzene rings is 1. The van der Waals surface area contributed by atoms with E-state index in [2.05, 4.69) is 32.6 Å². The number of halogens is 2. The second kappa shape index (κ2) is 5.64.